The number of hydrogen-bond acceptors (Lipinski definition) is 7. The van der Waals surface area contributed by atoms with Crippen molar-refractivity contribution in [3.63, 3.8) is 0 Å². The molecule has 136 valence electrons. The van der Waals surface area contributed by atoms with Gasteiger partial charge in [-0.3, -0.25) is 4.68 Å². The lowest BCUT2D eigenvalue weighted by atomic mass is 10.2. The van der Waals surface area contributed by atoms with Crippen LogP contribution in [0.25, 0.3) is 10.9 Å². The summed E-state index contributed by atoms with van der Waals surface area (Å²) >= 11 is 0. The minimum atomic E-state index is 0.0705. The van der Waals surface area contributed by atoms with Gasteiger partial charge >= 0.3 is 0 Å². The molecule has 8 heteroatoms. The molecular formula is C18H23N7O. The first kappa shape index (κ1) is 16.7. The van der Waals surface area contributed by atoms with Crippen LogP contribution < -0.4 is 16.0 Å². The second-order valence-electron chi connectivity index (χ2n) is 6.53. The summed E-state index contributed by atoms with van der Waals surface area (Å²) < 4.78 is 7.60. The normalized spacial score (nSPS) is 20.2. The van der Waals surface area contributed by atoms with E-state index in [1.54, 1.807) is 13.3 Å². The number of nitrogens with one attached hydrogen (secondary N) is 1. The number of aryl methyl sites for hydroxylation is 1. The summed E-state index contributed by atoms with van der Waals surface area (Å²) in [5, 5.41) is 9.43. The third-order valence-electron chi connectivity index (χ3n) is 4.92. The van der Waals surface area contributed by atoms with Crippen molar-refractivity contribution >= 4 is 22.7 Å². The first-order valence-corrected chi connectivity index (χ1v) is 8.66. The number of para-hydroxylation sites is 1. The number of ether oxygens (including phenoxy) is 1. The maximum atomic E-state index is 5.71. The molecule has 1 fully saturated rings. The molecule has 0 unspecified atom stereocenters. The van der Waals surface area contributed by atoms with Gasteiger partial charge in [0.2, 0.25) is 5.95 Å². The summed E-state index contributed by atoms with van der Waals surface area (Å²) in [7, 11) is 3.72. The number of aromatic nitrogens is 4. The van der Waals surface area contributed by atoms with Gasteiger partial charge in [-0.15, -0.1) is 0 Å². The van der Waals surface area contributed by atoms with Crippen molar-refractivity contribution < 1.29 is 4.74 Å². The number of anilines is 2. The molecule has 26 heavy (non-hydrogen) atoms. The molecule has 0 aliphatic carbocycles. The lowest BCUT2D eigenvalue weighted by Crippen LogP contribution is -2.39. The predicted molar refractivity (Wildman–Crippen MR) is 101 cm³/mol. The highest BCUT2D eigenvalue weighted by Crippen LogP contribution is 2.22. The van der Waals surface area contributed by atoms with Crippen LogP contribution in [0.1, 0.15) is 5.69 Å². The van der Waals surface area contributed by atoms with E-state index >= 15 is 0 Å². The molecule has 8 nitrogen and oxygen atoms in total. The van der Waals surface area contributed by atoms with E-state index in [1.807, 2.05) is 29.9 Å². The first-order chi connectivity index (χ1) is 12.7. The minimum absolute atomic E-state index is 0.0705. The highest BCUT2D eigenvalue weighted by Gasteiger charge is 2.33. The van der Waals surface area contributed by atoms with Crippen molar-refractivity contribution in [2.24, 2.45) is 7.05 Å². The number of nitrogens with two attached hydrogens (primary N) is 1. The van der Waals surface area contributed by atoms with Crippen molar-refractivity contribution in [3.05, 3.63) is 42.2 Å². The SMILES string of the molecule is CO[C@@H]1CN(c2ccnc(N)n2)C[C@@H]1NCc1nn(C)c2ccccc12. The minimum Gasteiger partial charge on any atom is -0.378 e. The van der Waals surface area contributed by atoms with Crippen molar-refractivity contribution in [3.8, 4) is 0 Å². The monoisotopic (exact) mass is 353 g/mol. The Morgan fingerprint density at radius 1 is 1.27 bits per heavy atom. The summed E-state index contributed by atoms with van der Waals surface area (Å²) in [5.41, 5.74) is 7.89. The molecule has 0 saturated carbocycles. The van der Waals surface area contributed by atoms with Gasteiger partial charge in [-0.05, 0) is 12.1 Å². The molecule has 1 saturated heterocycles. The van der Waals surface area contributed by atoms with E-state index in [0.717, 1.165) is 30.1 Å². The van der Waals surface area contributed by atoms with Crippen molar-refractivity contribution in [2.75, 3.05) is 30.8 Å². The summed E-state index contributed by atoms with van der Waals surface area (Å²) in [5.74, 6) is 1.11. The highest BCUT2D eigenvalue weighted by atomic mass is 16.5. The zero-order chi connectivity index (χ0) is 18.1. The van der Waals surface area contributed by atoms with Crippen molar-refractivity contribution in [2.45, 2.75) is 18.7 Å². The Morgan fingerprint density at radius 2 is 2.12 bits per heavy atom. The van der Waals surface area contributed by atoms with Crippen LogP contribution in [0.5, 0.6) is 0 Å². The Morgan fingerprint density at radius 3 is 2.92 bits per heavy atom. The third kappa shape index (κ3) is 3.09. The van der Waals surface area contributed by atoms with Crippen LogP contribution in [0.4, 0.5) is 11.8 Å². The topological polar surface area (TPSA) is 94.1 Å². The Labute approximate surface area is 152 Å². The fourth-order valence-electron chi connectivity index (χ4n) is 3.58. The van der Waals surface area contributed by atoms with E-state index in [-0.39, 0.29) is 18.1 Å². The lowest BCUT2D eigenvalue weighted by Gasteiger charge is -2.17. The van der Waals surface area contributed by atoms with Crippen LogP contribution in [0.15, 0.2) is 36.5 Å². The molecule has 0 spiro atoms. The molecule has 2 atom stereocenters. The van der Waals surface area contributed by atoms with E-state index in [1.165, 1.54) is 5.39 Å². The second kappa shape index (κ2) is 6.89. The van der Waals surface area contributed by atoms with Gasteiger partial charge in [0.05, 0.1) is 23.4 Å². The molecule has 3 heterocycles. The predicted octanol–water partition coefficient (Wildman–Crippen LogP) is 0.939. The first-order valence-electron chi connectivity index (χ1n) is 8.66. The van der Waals surface area contributed by atoms with Crippen LogP contribution in [-0.2, 0) is 18.3 Å². The number of methoxy groups -OCH3 is 1. The van der Waals surface area contributed by atoms with Gasteiger partial charge < -0.3 is 20.7 Å². The molecule has 0 amide bonds. The molecular weight excluding hydrogens is 330 g/mol. The third-order valence-corrected chi connectivity index (χ3v) is 4.92. The van der Waals surface area contributed by atoms with Crippen LogP contribution in [-0.4, -0.2) is 52.1 Å². The Bertz CT molecular complexity index is 909. The zero-order valence-corrected chi connectivity index (χ0v) is 15.0. The van der Waals surface area contributed by atoms with E-state index in [9.17, 15) is 0 Å². The molecule has 1 aliphatic rings. The number of fused-ring (bicyclic) bond motifs is 1. The zero-order valence-electron chi connectivity index (χ0n) is 15.0. The van der Waals surface area contributed by atoms with Gasteiger partial charge in [-0.1, -0.05) is 18.2 Å². The van der Waals surface area contributed by atoms with Gasteiger partial charge in [0.15, 0.2) is 0 Å². The van der Waals surface area contributed by atoms with E-state index in [4.69, 9.17) is 10.5 Å². The number of rotatable bonds is 5. The van der Waals surface area contributed by atoms with Crippen LogP contribution in [0, 0.1) is 0 Å². The largest absolute Gasteiger partial charge is 0.378 e. The summed E-state index contributed by atoms with van der Waals surface area (Å²) in [6.07, 6.45) is 1.75. The van der Waals surface area contributed by atoms with Gasteiger partial charge in [0, 0.05) is 45.4 Å². The number of hydrogen-bond donors (Lipinski definition) is 2. The molecule has 3 aromatic rings. The van der Waals surface area contributed by atoms with Crippen LogP contribution >= 0.6 is 0 Å². The Balaban J connectivity index is 1.48. The molecule has 2 aromatic heterocycles. The Kier molecular flexibility index (Phi) is 4.44. The highest BCUT2D eigenvalue weighted by molar-refractivity contribution is 5.81. The van der Waals surface area contributed by atoms with E-state index in [0.29, 0.717) is 6.54 Å². The van der Waals surface area contributed by atoms with Gasteiger partial charge in [-0.25, -0.2) is 4.98 Å². The number of benzene rings is 1. The second-order valence-corrected chi connectivity index (χ2v) is 6.53. The smallest absolute Gasteiger partial charge is 0.221 e. The maximum absolute atomic E-state index is 5.71. The maximum Gasteiger partial charge on any atom is 0.221 e. The summed E-state index contributed by atoms with van der Waals surface area (Å²) in [6.45, 7) is 2.24. The lowest BCUT2D eigenvalue weighted by molar-refractivity contribution is 0.0966. The fraction of sp³-hybridized carbons (Fsp3) is 0.389. The van der Waals surface area contributed by atoms with E-state index in [2.05, 4.69) is 37.4 Å². The van der Waals surface area contributed by atoms with Crippen LogP contribution in [0.2, 0.25) is 0 Å². The van der Waals surface area contributed by atoms with Gasteiger partial charge in [-0.2, -0.15) is 10.1 Å². The fourth-order valence-corrected chi connectivity index (χ4v) is 3.58. The molecule has 0 bridgehead atoms. The summed E-state index contributed by atoms with van der Waals surface area (Å²) in [6, 6.07) is 10.3. The van der Waals surface area contributed by atoms with Crippen LogP contribution in [0.3, 0.4) is 0 Å². The van der Waals surface area contributed by atoms with Gasteiger partial charge in [0.25, 0.3) is 0 Å². The molecule has 1 aliphatic heterocycles. The average Bonchev–Trinajstić information content (AvgIpc) is 3.21. The molecule has 3 N–H and O–H groups in total. The standard InChI is InChI=1S/C18H23N7O/c1-24-15-6-4-3-5-12(15)13(23-24)9-21-14-10-25(11-16(14)26-2)17-7-8-20-18(19)22-17/h3-8,14,16,21H,9-11H2,1-2H3,(H2,19,20,22)/t14-,16+/m0/s1. The molecule has 1 aromatic carbocycles. The average molecular weight is 353 g/mol. The van der Waals surface area contributed by atoms with Crippen molar-refractivity contribution in [1.82, 2.24) is 25.1 Å². The number of nitrogen functional groups attached to an aromatic ring is 1. The Hall–Kier alpha value is -2.71. The quantitative estimate of drug-likeness (QED) is 0.705. The van der Waals surface area contributed by atoms with E-state index < -0.39 is 0 Å². The molecule has 0 radical (unpaired) electrons. The van der Waals surface area contributed by atoms with Gasteiger partial charge in [0.1, 0.15) is 5.82 Å². The summed E-state index contributed by atoms with van der Waals surface area (Å²) in [4.78, 5) is 10.4. The van der Waals surface area contributed by atoms with Crippen molar-refractivity contribution in [1.29, 1.82) is 0 Å². The molecule has 4 rings (SSSR count). The number of nitrogens with zero attached hydrogens (tertiary/aromatic N) is 5.